The van der Waals surface area contributed by atoms with Gasteiger partial charge in [-0.15, -0.1) is 0 Å². The zero-order valence-electron chi connectivity index (χ0n) is 19.3. The minimum atomic E-state index is -1.11. The molecular weight excluding hydrogens is 440 g/mol. The van der Waals surface area contributed by atoms with Crippen molar-refractivity contribution in [2.75, 3.05) is 0 Å². The smallest absolute Gasteiger partial charge is 0.371 e. The summed E-state index contributed by atoms with van der Waals surface area (Å²) in [5.74, 6) is -0.284. The van der Waals surface area contributed by atoms with Crippen LogP contribution in [0.3, 0.4) is 0 Å². The van der Waals surface area contributed by atoms with Crippen molar-refractivity contribution in [1.82, 2.24) is 9.97 Å². The second kappa shape index (κ2) is 10.4. The molecule has 1 atom stereocenters. The molecule has 0 bridgehead atoms. The summed E-state index contributed by atoms with van der Waals surface area (Å²) in [6, 6.07) is 19.7. The molecule has 0 fully saturated rings. The predicted molar refractivity (Wildman–Crippen MR) is 131 cm³/mol. The highest BCUT2D eigenvalue weighted by Gasteiger charge is 2.23. The van der Waals surface area contributed by atoms with E-state index in [0.29, 0.717) is 17.3 Å². The van der Waals surface area contributed by atoms with E-state index in [2.05, 4.69) is 16.0 Å². The summed E-state index contributed by atoms with van der Waals surface area (Å²) in [7, 11) is 0. The van der Waals surface area contributed by atoms with Crippen LogP contribution in [0.4, 0.5) is 0 Å². The third-order valence-corrected chi connectivity index (χ3v) is 6.25. The Morgan fingerprint density at radius 2 is 1.86 bits per heavy atom. The van der Waals surface area contributed by atoms with Gasteiger partial charge in [-0.25, -0.2) is 9.78 Å². The number of aryl methyl sites for hydroxylation is 1. The molecule has 1 N–H and O–H groups in total. The minimum Gasteiger partial charge on any atom is -0.475 e. The van der Waals surface area contributed by atoms with Crippen LogP contribution in [0.5, 0.6) is 5.75 Å². The van der Waals surface area contributed by atoms with E-state index in [1.807, 2.05) is 54.6 Å². The van der Waals surface area contributed by atoms with Gasteiger partial charge >= 0.3 is 5.97 Å². The molecule has 0 radical (unpaired) electrons. The fraction of sp³-hybridized carbons (Fsp3) is 0.207. The first-order chi connectivity index (χ1) is 17.2. The van der Waals surface area contributed by atoms with Gasteiger partial charge in [-0.2, -0.15) is 0 Å². The van der Waals surface area contributed by atoms with E-state index < -0.39 is 5.97 Å². The summed E-state index contributed by atoms with van der Waals surface area (Å²) in [4.78, 5) is 20.9. The number of aliphatic carboxylic acids is 1. The number of hydrogen-bond donors (Lipinski definition) is 1. The number of carbonyl (C=O) groups is 1. The van der Waals surface area contributed by atoms with Gasteiger partial charge < -0.3 is 14.3 Å². The van der Waals surface area contributed by atoms with Gasteiger partial charge in [-0.1, -0.05) is 48.5 Å². The molecule has 2 aromatic carbocycles. The van der Waals surface area contributed by atoms with Crippen molar-refractivity contribution in [3.05, 3.63) is 125 Å². The third kappa shape index (κ3) is 5.17. The third-order valence-electron chi connectivity index (χ3n) is 6.25. The number of aromatic nitrogens is 2. The summed E-state index contributed by atoms with van der Waals surface area (Å²) in [5.41, 5.74) is 4.97. The maximum absolute atomic E-state index is 11.9. The van der Waals surface area contributed by atoms with Crippen molar-refractivity contribution in [3.8, 4) is 5.75 Å². The molecule has 2 aromatic heterocycles. The topological polar surface area (TPSA) is 85.5 Å². The minimum absolute atomic E-state index is 0.111. The number of carboxylic acids is 1. The van der Waals surface area contributed by atoms with Crippen molar-refractivity contribution in [3.63, 3.8) is 0 Å². The highest BCUT2D eigenvalue weighted by molar-refractivity contribution is 5.84. The molecule has 4 aromatic rings. The SMILES string of the molecule is O=C(O)C(=CCc1coc(C(c2ccccc2)c2cccnc2)n1)Oc1cccc2c1CCCC2. The number of nitrogens with zero attached hydrogens (tertiary/aromatic N) is 2. The Hall–Kier alpha value is -4.19. The number of carboxylic acid groups (broad SMARTS) is 1. The first-order valence-corrected chi connectivity index (χ1v) is 11.8. The van der Waals surface area contributed by atoms with Gasteiger partial charge in [0.05, 0.1) is 11.6 Å². The van der Waals surface area contributed by atoms with Crippen molar-refractivity contribution in [2.24, 2.45) is 0 Å². The Labute approximate surface area is 203 Å². The Morgan fingerprint density at radius 3 is 2.66 bits per heavy atom. The lowest BCUT2D eigenvalue weighted by atomic mass is 9.91. The molecule has 0 saturated heterocycles. The fourth-order valence-corrected chi connectivity index (χ4v) is 4.55. The first-order valence-electron chi connectivity index (χ1n) is 11.8. The van der Waals surface area contributed by atoms with Crippen molar-refractivity contribution in [1.29, 1.82) is 0 Å². The zero-order valence-corrected chi connectivity index (χ0v) is 19.3. The number of fused-ring (bicyclic) bond motifs is 1. The van der Waals surface area contributed by atoms with Gasteiger partial charge in [0.15, 0.2) is 0 Å². The molecular formula is C29H26N2O4. The molecule has 1 aliphatic carbocycles. The average Bonchev–Trinajstić information content (AvgIpc) is 3.36. The summed E-state index contributed by atoms with van der Waals surface area (Å²) in [5, 5.41) is 9.76. The largest absolute Gasteiger partial charge is 0.475 e. The molecule has 6 nitrogen and oxygen atoms in total. The molecule has 0 amide bonds. The second-order valence-corrected chi connectivity index (χ2v) is 8.59. The van der Waals surface area contributed by atoms with Crippen molar-refractivity contribution >= 4 is 5.97 Å². The van der Waals surface area contributed by atoms with Gasteiger partial charge in [-0.3, -0.25) is 4.98 Å². The van der Waals surface area contributed by atoms with Crippen LogP contribution in [0.15, 0.2) is 95.6 Å². The average molecular weight is 467 g/mol. The molecule has 1 aliphatic rings. The van der Waals surface area contributed by atoms with Crippen LogP contribution in [0.1, 0.15) is 52.6 Å². The summed E-state index contributed by atoms with van der Waals surface area (Å²) in [6.07, 6.45) is 11.1. The van der Waals surface area contributed by atoms with Crippen LogP contribution in [-0.4, -0.2) is 21.0 Å². The lowest BCUT2D eigenvalue weighted by Crippen LogP contribution is -2.11. The van der Waals surface area contributed by atoms with Gasteiger partial charge in [0, 0.05) is 18.8 Å². The zero-order chi connectivity index (χ0) is 24.0. The van der Waals surface area contributed by atoms with Crippen molar-refractivity contribution < 1.29 is 19.1 Å². The van der Waals surface area contributed by atoms with Gasteiger partial charge in [-0.05, 0) is 66.1 Å². The molecule has 0 aliphatic heterocycles. The van der Waals surface area contributed by atoms with E-state index in [9.17, 15) is 9.90 Å². The normalized spacial score (nSPS) is 14.2. The van der Waals surface area contributed by atoms with Crippen LogP contribution < -0.4 is 4.74 Å². The monoisotopic (exact) mass is 466 g/mol. The lowest BCUT2D eigenvalue weighted by molar-refractivity contribution is -0.135. The van der Waals surface area contributed by atoms with E-state index in [4.69, 9.17) is 9.15 Å². The standard InChI is InChI=1S/C29H26N2O4/c32-29(33)26(35-25-14-6-11-20-8-4-5-13-24(20)25)16-15-23-19-34-28(31-23)27(21-9-2-1-3-10-21)22-12-7-17-30-18-22/h1-3,6-7,9-12,14,16-19,27H,4-5,8,13,15H2,(H,32,33). The summed E-state index contributed by atoms with van der Waals surface area (Å²) >= 11 is 0. The Bertz CT molecular complexity index is 1290. The number of benzene rings is 2. The summed E-state index contributed by atoms with van der Waals surface area (Å²) < 4.78 is 11.7. The van der Waals surface area contributed by atoms with Crippen LogP contribution in [0, 0.1) is 0 Å². The highest BCUT2D eigenvalue weighted by atomic mass is 16.5. The number of oxazole rings is 1. The maximum Gasteiger partial charge on any atom is 0.371 e. The van der Waals surface area contributed by atoms with Gasteiger partial charge in [0.25, 0.3) is 0 Å². The van der Waals surface area contributed by atoms with E-state index in [1.54, 1.807) is 24.7 Å². The molecule has 5 rings (SSSR count). The molecule has 6 heteroatoms. The Morgan fingerprint density at radius 1 is 1.03 bits per heavy atom. The Kier molecular flexibility index (Phi) is 6.70. The van der Waals surface area contributed by atoms with E-state index in [1.165, 1.54) is 5.56 Å². The van der Waals surface area contributed by atoms with E-state index in [-0.39, 0.29) is 18.1 Å². The molecule has 0 saturated carbocycles. The summed E-state index contributed by atoms with van der Waals surface area (Å²) in [6.45, 7) is 0. The fourth-order valence-electron chi connectivity index (χ4n) is 4.55. The molecule has 1 unspecified atom stereocenters. The first kappa shape index (κ1) is 22.6. The number of ether oxygens (including phenoxy) is 1. The van der Waals surface area contributed by atoms with Crippen LogP contribution in [0.25, 0.3) is 0 Å². The number of hydrogen-bond acceptors (Lipinski definition) is 5. The van der Waals surface area contributed by atoms with Crippen molar-refractivity contribution in [2.45, 2.75) is 38.0 Å². The second-order valence-electron chi connectivity index (χ2n) is 8.59. The number of rotatable bonds is 8. The van der Waals surface area contributed by atoms with E-state index in [0.717, 1.165) is 42.4 Å². The van der Waals surface area contributed by atoms with Crippen LogP contribution in [0.2, 0.25) is 0 Å². The molecule has 35 heavy (non-hydrogen) atoms. The van der Waals surface area contributed by atoms with Gasteiger partial charge in [0.1, 0.15) is 12.0 Å². The molecule has 176 valence electrons. The molecule has 0 spiro atoms. The molecule has 2 heterocycles. The quantitative estimate of drug-likeness (QED) is 0.264. The van der Waals surface area contributed by atoms with E-state index >= 15 is 0 Å². The van der Waals surface area contributed by atoms with Gasteiger partial charge in [0.2, 0.25) is 11.6 Å². The van der Waals surface area contributed by atoms with Crippen LogP contribution in [-0.2, 0) is 24.1 Å². The number of allylic oxidation sites excluding steroid dienone is 1. The maximum atomic E-state index is 11.9. The highest BCUT2D eigenvalue weighted by Crippen LogP contribution is 2.32. The van der Waals surface area contributed by atoms with Crippen LogP contribution >= 0.6 is 0 Å². The number of pyridine rings is 1. The Balaban J connectivity index is 1.39. The predicted octanol–water partition coefficient (Wildman–Crippen LogP) is 5.72. The lowest BCUT2D eigenvalue weighted by Gasteiger charge is -2.19.